The van der Waals surface area contributed by atoms with Crippen molar-refractivity contribution in [2.24, 2.45) is 10.3 Å². The molecule has 0 saturated carbocycles. The molecule has 0 aliphatic rings. The Morgan fingerprint density at radius 1 is 1.80 bits per heavy atom. The highest BCUT2D eigenvalue weighted by atomic mass is 16.4. The summed E-state index contributed by atoms with van der Waals surface area (Å²) in [5.41, 5.74) is 0. The summed E-state index contributed by atoms with van der Waals surface area (Å²) in [6.07, 6.45) is 0.500. The molecular formula is CH2N2O2. The molecule has 0 spiro atoms. The zero-order chi connectivity index (χ0) is 4.12. The molecule has 0 aromatic heterocycles. The van der Waals surface area contributed by atoms with Gasteiger partial charge in [-0.3, -0.25) is 0 Å². The van der Waals surface area contributed by atoms with Gasteiger partial charge in [0.1, 0.15) is 0 Å². The van der Waals surface area contributed by atoms with E-state index in [0.29, 0.717) is 6.34 Å². The van der Waals surface area contributed by atoms with Crippen LogP contribution in [0.4, 0.5) is 0 Å². The van der Waals surface area contributed by atoms with Crippen LogP contribution in [0.3, 0.4) is 0 Å². The van der Waals surface area contributed by atoms with Crippen molar-refractivity contribution in [3.05, 3.63) is 4.91 Å². The van der Waals surface area contributed by atoms with E-state index in [9.17, 15) is 0 Å². The maximum absolute atomic E-state index is 8.85. The molecule has 0 saturated heterocycles. The molecule has 4 heteroatoms. The predicted molar refractivity (Wildman–Crippen MR) is 16.1 cm³/mol. The van der Waals surface area contributed by atoms with E-state index in [-0.39, 0.29) is 0 Å². The quantitative estimate of drug-likeness (QED) is 0.158. The molecule has 0 amide bonds. The molecule has 0 aromatic rings. The fourth-order valence-electron chi connectivity index (χ4n) is 0.0211. The van der Waals surface area contributed by atoms with Gasteiger partial charge in [-0.2, -0.15) is 0 Å². The van der Waals surface area contributed by atoms with Gasteiger partial charge in [-0.25, -0.2) is 0 Å². The second-order valence-electron chi connectivity index (χ2n) is 0.336. The fourth-order valence-corrected chi connectivity index (χ4v) is 0.0211. The van der Waals surface area contributed by atoms with Gasteiger partial charge in [0.05, 0.1) is 0 Å². The van der Waals surface area contributed by atoms with Gasteiger partial charge < -0.3 is 5.21 Å². The van der Waals surface area contributed by atoms with Crippen molar-refractivity contribution < 1.29 is 5.21 Å². The summed E-state index contributed by atoms with van der Waals surface area (Å²) < 4.78 is 0. The van der Waals surface area contributed by atoms with Crippen LogP contribution in [0.2, 0.25) is 0 Å². The smallest absolute Gasteiger partial charge is 0.198 e. The second-order valence-corrected chi connectivity index (χ2v) is 0.336. The van der Waals surface area contributed by atoms with Gasteiger partial charge in [0.2, 0.25) is 0 Å². The largest absolute Gasteiger partial charge is 0.410 e. The summed E-state index contributed by atoms with van der Waals surface area (Å²) in [7, 11) is 0. The molecular weight excluding hydrogens is 72.0 g/mol. The van der Waals surface area contributed by atoms with Gasteiger partial charge in [-0.1, -0.05) is 5.16 Å². The first-order valence-electron chi connectivity index (χ1n) is 0.899. The molecule has 0 bridgehead atoms. The van der Waals surface area contributed by atoms with Crippen LogP contribution in [0.25, 0.3) is 0 Å². The molecule has 0 unspecified atom stereocenters. The number of hydrogen-bond acceptors (Lipinski definition) is 3. The minimum Gasteiger partial charge on any atom is -0.410 e. The lowest BCUT2D eigenvalue weighted by atomic mass is 11.4. The highest BCUT2D eigenvalue weighted by Gasteiger charge is 1.50. The fraction of sp³-hybridized carbons (Fsp3) is 0. The Hall–Kier alpha value is -0.930. The van der Waals surface area contributed by atoms with Crippen molar-refractivity contribution >= 4 is 6.34 Å². The van der Waals surface area contributed by atoms with Crippen LogP contribution in [-0.2, 0) is 0 Å². The monoisotopic (exact) mass is 74.0 g/mol. The van der Waals surface area contributed by atoms with Gasteiger partial charge in [0.15, 0.2) is 6.34 Å². The van der Waals surface area contributed by atoms with Crippen molar-refractivity contribution in [1.29, 1.82) is 0 Å². The van der Waals surface area contributed by atoms with Crippen LogP contribution >= 0.6 is 0 Å². The SMILES string of the molecule is O=NC=NO. The Labute approximate surface area is 28.1 Å². The average Bonchev–Trinajstić information content (AvgIpc) is 1.41. The van der Waals surface area contributed by atoms with Crippen LogP contribution in [0.15, 0.2) is 10.3 Å². The van der Waals surface area contributed by atoms with E-state index in [4.69, 9.17) is 10.1 Å². The van der Waals surface area contributed by atoms with Crippen LogP contribution < -0.4 is 0 Å². The van der Waals surface area contributed by atoms with Crippen molar-refractivity contribution in [2.45, 2.75) is 0 Å². The summed E-state index contributed by atoms with van der Waals surface area (Å²) in [4.78, 5) is 8.85. The normalized spacial score (nSPS) is 8.80. The maximum Gasteiger partial charge on any atom is 0.198 e. The summed E-state index contributed by atoms with van der Waals surface area (Å²) in [5.74, 6) is 0. The van der Waals surface area contributed by atoms with E-state index in [1.165, 1.54) is 0 Å². The van der Waals surface area contributed by atoms with Gasteiger partial charge in [0, 0.05) is 0 Å². The molecule has 4 nitrogen and oxygen atoms in total. The lowest BCUT2D eigenvalue weighted by molar-refractivity contribution is 0.321. The first-order valence-corrected chi connectivity index (χ1v) is 0.899. The molecule has 0 aromatic carbocycles. The maximum atomic E-state index is 8.85. The van der Waals surface area contributed by atoms with Crippen molar-refractivity contribution in [2.75, 3.05) is 0 Å². The summed E-state index contributed by atoms with van der Waals surface area (Å²) >= 11 is 0. The zero-order valence-corrected chi connectivity index (χ0v) is 2.33. The Balaban J connectivity index is 2.92. The Kier molecular flexibility index (Phi) is 2.50. The molecule has 5 heavy (non-hydrogen) atoms. The van der Waals surface area contributed by atoms with Crippen LogP contribution in [-0.4, -0.2) is 11.5 Å². The summed E-state index contributed by atoms with van der Waals surface area (Å²) in [6, 6.07) is 0. The van der Waals surface area contributed by atoms with Gasteiger partial charge in [0.25, 0.3) is 0 Å². The minimum absolute atomic E-state index is 0.500. The van der Waals surface area contributed by atoms with Gasteiger partial charge >= 0.3 is 0 Å². The zero-order valence-electron chi connectivity index (χ0n) is 2.33. The van der Waals surface area contributed by atoms with E-state index in [0.717, 1.165) is 0 Å². The third-order valence-corrected chi connectivity index (χ3v) is 0.0988. The third kappa shape index (κ3) is 3.07. The molecule has 0 radical (unpaired) electrons. The van der Waals surface area contributed by atoms with E-state index in [2.05, 4.69) is 10.3 Å². The number of hydrogen-bond donors (Lipinski definition) is 1. The lowest BCUT2D eigenvalue weighted by Crippen LogP contribution is -1.54. The van der Waals surface area contributed by atoms with Gasteiger partial charge in [-0.15, -0.1) is 4.91 Å². The van der Waals surface area contributed by atoms with Crippen LogP contribution in [0, 0.1) is 4.91 Å². The molecule has 0 aliphatic carbocycles. The molecule has 1 N–H and O–H groups in total. The highest BCUT2D eigenvalue weighted by Crippen LogP contribution is 1.48. The van der Waals surface area contributed by atoms with E-state index in [1.807, 2.05) is 0 Å². The number of oxime groups is 1. The molecule has 0 fully saturated rings. The van der Waals surface area contributed by atoms with Crippen molar-refractivity contribution in [1.82, 2.24) is 0 Å². The Morgan fingerprint density at radius 2 is 2.40 bits per heavy atom. The van der Waals surface area contributed by atoms with E-state index < -0.39 is 0 Å². The first kappa shape index (κ1) is 4.07. The van der Waals surface area contributed by atoms with Crippen LogP contribution in [0.1, 0.15) is 0 Å². The van der Waals surface area contributed by atoms with E-state index in [1.54, 1.807) is 0 Å². The number of rotatable bonds is 1. The number of nitroso groups, excluding NO2 is 1. The molecule has 0 aliphatic heterocycles. The topological polar surface area (TPSA) is 62.0 Å². The molecule has 0 heterocycles. The lowest BCUT2D eigenvalue weighted by Gasteiger charge is -1.53. The molecule has 0 rings (SSSR count). The second kappa shape index (κ2) is 3.07. The Morgan fingerprint density at radius 3 is 2.40 bits per heavy atom. The summed E-state index contributed by atoms with van der Waals surface area (Å²) in [5, 5.41) is 11.7. The molecule has 0 atom stereocenters. The van der Waals surface area contributed by atoms with Crippen molar-refractivity contribution in [3.8, 4) is 0 Å². The standard InChI is InChI=1S/CH2N2O2/c4-2-1-3-5/h1,4H. The first-order chi connectivity index (χ1) is 2.41. The minimum atomic E-state index is 0.500. The average molecular weight is 74.0 g/mol. The van der Waals surface area contributed by atoms with Crippen LogP contribution in [0.5, 0.6) is 0 Å². The third-order valence-electron chi connectivity index (χ3n) is 0.0988. The van der Waals surface area contributed by atoms with Gasteiger partial charge in [-0.05, 0) is 5.18 Å². The predicted octanol–water partition coefficient (Wildman–Crippen LogP) is 0.170. The van der Waals surface area contributed by atoms with E-state index >= 15 is 0 Å². The molecule has 28 valence electrons. The summed E-state index contributed by atoms with van der Waals surface area (Å²) in [6.45, 7) is 0. The number of nitrogens with zero attached hydrogens (tertiary/aromatic N) is 2. The Bertz CT molecular complexity index is 49.6. The van der Waals surface area contributed by atoms with Crippen molar-refractivity contribution in [3.63, 3.8) is 0 Å². The highest BCUT2D eigenvalue weighted by molar-refractivity contribution is 5.53.